The van der Waals surface area contributed by atoms with E-state index in [0.29, 0.717) is 0 Å². The molecule has 1 N–H and O–H groups in total. The second-order valence-electron chi connectivity index (χ2n) is 3.17. The smallest absolute Gasteiger partial charge is 0.327 e. The maximum atomic E-state index is 11.3. The van der Waals surface area contributed by atoms with E-state index in [2.05, 4.69) is 9.47 Å². The Morgan fingerprint density at radius 1 is 1.11 bits per heavy atom. The molecule has 0 aliphatic rings. The van der Waals surface area contributed by atoms with Crippen LogP contribution in [0.1, 0.15) is 19.3 Å². The average Bonchev–Trinajstić information content (AvgIpc) is 2.28. The molecule has 1 unspecified atom stereocenters. The molecule has 0 saturated carbocycles. The van der Waals surface area contributed by atoms with Gasteiger partial charge >= 0.3 is 11.9 Å². The summed E-state index contributed by atoms with van der Waals surface area (Å²) in [5.74, 6) is -2.24. The molecule has 0 amide bonds. The monoisotopic (exact) mass is 278 g/mol. The van der Waals surface area contributed by atoms with E-state index < -0.39 is 33.7 Å². The molecule has 4 radical (unpaired) electrons. The standard InChI is InChI=1S/C10H14O7S/c1-3-5-16-9(11)7-8(18(13,14)15)10(12)17-6-4-2/h1-2,8H,3-7H2,(H,13,14,15). The number of carbonyl (C=O) groups excluding carboxylic acids is 2. The van der Waals surface area contributed by atoms with Crippen molar-refractivity contribution < 1.29 is 32.0 Å². The summed E-state index contributed by atoms with van der Waals surface area (Å²) >= 11 is 0. The Kier molecular flexibility index (Phi) is 7.53. The highest BCUT2D eigenvalue weighted by Gasteiger charge is 2.35. The molecule has 0 saturated heterocycles. The molecule has 0 aromatic heterocycles. The van der Waals surface area contributed by atoms with Crippen molar-refractivity contribution in [2.45, 2.75) is 24.5 Å². The van der Waals surface area contributed by atoms with Gasteiger partial charge in [0.1, 0.15) is 0 Å². The van der Waals surface area contributed by atoms with Crippen LogP contribution in [0.5, 0.6) is 0 Å². The topological polar surface area (TPSA) is 107 Å². The highest BCUT2D eigenvalue weighted by atomic mass is 32.2. The van der Waals surface area contributed by atoms with Gasteiger partial charge in [0.25, 0.3) is 10.1 Å². The third kappa shape index (κ3) is 6.55. The Balaban J connectivity index is 4.61. The van der Waals surface area contributed by atoms with Gasteiger partial charge in [0.05, 0.1) is 19.6 Å². The van der Waals surface area contributed by atoms with Crippen LogP contribution in [0.25, 0.3) is 0 Å². The van der Waals surface area contributed by atoms with Gasteiger partial charge in [-0.1, -0.05) is 0 Å². The van der Waals surface area contributed by atoms with Crippen LogP contribution in [0.15, 0.2) is 0 Å². The van der Waals surface area contributed by atoms with Crippen molar-refractivity contribution in [1.82, 2.24) is 0 Å². The van der Waals surface area contributed by atoms with E-state index in [4.69, 9.17) is 18.4 Å². The van der Waals surface area contributed by atoms with Crippen molar-refractivity contribution >= 4 is 22.1 Å². The van der Waals surface area contributed by atoms with Crippen molar-refractivity contribution in [3.05, 3.63) is 13.8 Å². The number of ether oxygens (including phenoxy) is 2. The first-order chi connectivity index (χ1) is 8.32. The Morgan fingerprint density at radius 3 is 2.06 bits per heavy atom. The molecule has 18 heavy (non-hydrogen) atoms. The van der Waals surface area contributed by atoms with Crippen LogP contribution in [0.4, 0.5) is 0 Å². The molecule has 0 fully saturated rings. The summed E-state index contributed by atoms with van der Waals surface area (Å²) in [6.45, 7) is 9.79. The van der Waals surface area contributed by atoms with E-state index in [1.165, 1.54) is 0 Å². The van der Waals surface area contributed by atoms with Crippen molar-refractivity contribution in [2.75, 3.05) is 13.2 Å². The van der Waals surface area contributed by atoms with E-state index in [1.54, 1.807) is 0 Å². The van der Waals surface area contributed by atoms with Crippen molar-refractivity contribution in [1.29, 1.82) is 0 Å². The zero-order valence-electron chi connectivity index (χ0n) is 9.57. The van der Waals surface area contributed by atoms with Crippen LogP contribution in [-0.4, -0.2) is 43.4 Å². The normalized spacial score (nSPS) is 12.8. The summed E-state index contributed by atoms with van der Waals surface area (Å²) in [6.07, 6.45) is -0.802. The maximum absolute atomic E-state index is 11.3. The molecule has 102 valence electrons. The van der Waals surface area contributed by atoms with Crippen LogP contribution in [0, 0.1) is 13.8 Å². The van der Waals surface area contributed by atoms with E-state index in [-0.39, 0.29) is 26.1 Å². The fourth-order valence-corrected chi connectivity index (χ4v) is 1.60. The molecule has 7 nitrogen and oxygen atoms in total. The molecule has 0 rings (SSSR count). The lowest BCUT2D eigenvalue weighted by Crippen LogP contribution is -2.34. The molecule has 0 spiro atoms. The first-order valence-electron chi connectivity index (χ1n) is 5.01. The highest BCUT2D eigenvalue weighted by molar-refractivity contribution is 7.87. The highest BCUT2D eigenvalue weighted by Crippen LogP contribution is 2.09. The molecule has 0 heterocycles. The summed E-state index contributed by atoms with van der Waals surface area (Å²) in [4.78, 5) is 22.5. The third-order valence-corrected chi connectivity index (χ3v) is 2.80. The zero-order valence-corrected chi connectivity index (χ0v) is 10.4. The first kappa shape index (κ1) is 16.9. The molecule has 1 atom stereocenters. The average molecular weight is 278 g/mol. The SMILES string of the molecule is [CH]CCOC(=O)CC(C(=O)OCC[CH])S(=O)(=O)O. The van der Waals surface area contributed by atoms with E-state index >= 15 is 0 Å². The number of hydrogen-bond acceptors (Lipinski definition) is 6. The van der Waals surface area contributed by atoms with Gasteiger partial charge < -0.3 is 9.47 Å². The fraction of sp³-hybridized carbons (Fsp3) is 0.600. The largest absolute Gasteiger partial charge is 0.466 e. The van der Waals surface area contributed by atoms with Gasteiger partial charge in [0.2, 0.25) is 0 Å². The minimum absolute atomic E-state index is 0.0123. The van der Waals surface area contributed by atoms with Gasteiger partial charge in [0.15, 0.2) is 5.25 Å². The first-order valence-corrected chi connectivity index (χ1v) is 6.52. The van der Waals surface area contributed by atoms with E-state index in [1.807, 2.05) is 0 Å². The van der Waals surface area contributed by atoms with Crippen LogP contribution < -0.4 is 0 Å². The molecule has 0 aromatic carbocycles. The number of rotatable bonds is 8. The van der Waals surface area contributed by atoms with Gasteiger partial charge in [-0.25, -0.2) is 0 Å². The summed E-state index contributed by atoms with van der Waals surface area (Å²) < 4.78 is 39.7. The van der Waals surface area contributed by atoms with Crippen molar-refractivity contribution in [3.63, 3.8) is 0 Å². The molecule has 0 aliphatic heterocycles. The van der Waals surface area contributed by atoms with Gasteiger partial charge in [-0.3, -0.25) is 14.1 Å². The number of carbonyl (C=O) groups is 2. The molecular weight excluding hydrogens is 264 g/mol. The molecule has 0 bridgehead atoms. The van der Waals surface area contributed by atoms with Crippen molar-refractivity contribution in [2.24, 2.45) is 0 Å². The second-order valence-corrected chi connectivity index (χ2v) is 4.77. The zero-order chi connectivity index (χ0) is 14.2. The Bertz CT molecular complexity index is 374. The van der Waals surface area contributed by atoms with Crippen LogP contribution in [0.3, 0.4) is 0 Å². The summed E-state index contributed by atoms with van der Waals surface area (Å²) in [5, 5.41) is -2.02. The second kappa shape index (κ2) is 8.04. The van der Waals surface area contributed by atoms with E-state index in [0.717, 1.165) is 0 Å². The minimum atomic E-state index is -4.76. The van der Waals surface area contributed by atoms with Crippen LogP contribution in [-0.2, 0) is 29.2 Å². The summed E-state index contributed by atoms with van der Waals surface area (Å²) in [5.41, 5.74) is 0. The summed E-state index contributed by atoms with van der Waals surface area (Å²) in [6, 6.07) is 0. The van der Waals surface area contributed by atoms with E-state index in [9.17, 15) is 18.0 Å². The maximum Gasteiger partial charge on any atom is 0.327 e. The Morgan fingerprint density at radius 2 is 1.61 bits per heavy atom. The third-order valence-electron chi connectivity index (χ3n) is 1.72. The van der Waals surface area contributed by atoms with Crippen LogP contribution >= 0.6 is 0 Å². The predicted octanol–water partition coefficient (Wildman–Crippen LogP) is -0.0783. The van der Waals surface area contributed by atoms with Gasteiger partial charge in [-0.05, 0) is 26.7 Å². The molecule has 0 aromatic rings. The van der Waals surface area contributed by atoms with Gasteiger partial charge in [-0.15, -0.1) is 0 Å². The van der Waals surface area contributed by atoms with Gasteiger partial charge in [0, 0.05) is 0 Å². The Hall–Kier alpha value is -1.15. The van der Waals surface area contributed by atoms with Gasteiger partial charge in [-0.2, -0.15) is 8.42 Å². The predicted molar refractivity (Wildman–Crippen MR) is 59.7 cm³/mol. The van der Waals surface area contributed by atoms with Crippen LogP contribution in [0.2, 0.25) is 0 Å². The lowest BCUT2D eigenvalue weighted by atomic mass is 10.3. The lowest BCUT2D eigenvalue weighted by molar-refractivity contribution is -0.149. The fourth-order valence-electron chi connectivity index (χ4n) is 0.946. The molecule has 0 aliphatic carbocycles. The van der Waals surface area contributed by atoms with Crippen molar-refractivity contribution in [3.8, 4) is 0 Å². The Labute approximate surface area is 106 Å². The molecular formula is C10H14O7S. The number of esters is 2. The quantitative estimate of drug-likeness (QED) is 0.489. The lowest BCUT2D eigenvalue weighted by Gasteiger charge is -2.12. The molecule has 8 heteroatoms. The number of hydrogen-bond donors (Lipinski definition) is 1. The summed E-state index contributed by atoms with van der Waals surface area (Å²) in [7, 11) is -4.76. The minimum Gasteiger partial charge on any atom is -0.466 e.